The van der Waals surface area contributed by atoms with E-state index in [1.807, 2.05) is 0 Å². The van der Waals surface area contributed by atoms with Gasteiger partial charge in [-0.3, -0.25) is 9.59 Å². The summed E-state index contributed by atoms with van der Waals surface area (Å²) in [6.45, 7) is 6.21. The van der Waals surface area contributed by atoms with Crippen LogP contribution in [-0.2, 0) is 4.79 Å². The average Bonchev–Trinajstić information content (AvgIpc) is 2.60. The number of benzene rings is 1. The number of nitrogens with two attached hydrogens (primary N) is 2. The minimum atomic E-state index is -0.541. The minimum Gasteiger partial charge on any atom is -0.398 e. The molecule has 26 heavy (non-hydrogen) atoms. The Morgan fingerprint density at radius 3 is 2.50 bits per heavy atom. The van der Waals surface area contributed by atoms with Crippen molar-refractivity contribution in [3.63, 3.8) is 0 Å². The van der Waals surface area contributed by atoms with Gasteiger partial charge in [-0.15, -0.1) is 0 Å². The van der Waals surface area contributed by atoms with Crippen molar-refractivity contribution in [3.05, 3.63) is 52.5 Å². The highest BCUT2D eigenvalue weighted by Crippen LogP contribution is 2.20. The molecule has 0 atom stereocenters. The molecule has 0 bridgehead atoms. The molecular formula is C19H31FN4O2. The first kappa shape index (κ1) is 21.2. The number of hydrogen-bond acceptors (Lipinski definition) is 4. The summed E-state index contributed by atoms with van der Waals surface area (Å²) in [5, 5.41) is 5.15. The predicted octanol–water partition coefficient (Wildman–Crippen LogP) is 2.29. The zero-order chi connectivity index (χ0) is 19.9. The topological polar surface area (TPSA) is 110 Å². The van der Waals surface area contributed by atoms with Gasteiger partial charge in [-0.25, -0.2) is 4.39 Å². The maximum absolute atomic E-state index is 14.1. The van der Waals surface area contributed by atoms with Gasteiger partial charge in [-0.1, -0.05) is 13.8 Å². The number of nitrogens with one attached hydrogen (secondary N) is 2. The summed E-state index contributed by atoms with van der Waals surface area (Å²) >= 11 is 0. The normalized spacial score (nSPS) is 12.2. The van der Waals surface area contributed by atoms with Gasteiger partial charge in [0.1, 0.15) is 5.82 Å². The fraction of sp³-hybridized carbons (Fsp3) is 0.368. The summed E-state index contributed by atoms with van der Waals surface area (Å²) in [7, 11) is 1.46. The molecule has 0 saturated carbocycles. The molecule has 7 heteroatoms. The molecule has 0 heterocycles. The molecule has 1 rings (SSSR count). The van der Waals surface area contributed by atoms with Crippen LogP contribution in [0.3, 0.4) is 0 Å². The SMILES string of the molecule is CNC(=O)c1cc(F)c(C)c(/C(N)=C/C=C(\N)C(=O)NCCC(C)C)c1.[HH].[HH]. The summed E-state index contributed by atoms with van der Waals surface area (Å²) in [4.78, 5) is 23.6. The Hall–Kier alpha value is -2.83. The lowest BCUT2D eigenvalue weighted by atomic mass is 10.0. The molecule has 0 spiro atoms. The molecule has 2 amide bonds. The van der Waals surface area contributed by atoms with Gasteiger partial charge in [0.05, 0.1) is 5.70 Å². The molecule has 1 aromatic rings. The number of allylic oxidation sites excluding steroid dienone is 2. The standard InChI is InChI=1S/C19H27FN4O2.2H2/c1-11(2)7-8-24-19(26)17(22)6-5-16(21)14-9-13(18(25)23-4)10-15(20)12(14)3;;/h5-6,9-11H,7-8,21-22H2,1-4H3,(H,23,25)(H,24,26);2*1H/b16-5-,17-6-;;. The van der Waals surface area contributed by atoms with E-state index in [9.17, 15) is 14.0 Å². The summed E-state index contributed by atoms with van der Waals surface area (Å²) < 4.78 is 14.1. The Bertz CT molecular complexity index is 750. The van der Waals surface area contributed by atoms with Crippen molar-refractivity contribution in [1.29, 1.82) is 0 Å². The van der Waals surface area contributed by atoms with E-state index in [0.717, 1.165) is 12.5 Å². The molecule has 0 unspecified atom stereocenters. The molecule has 0 radical (unpaired) electrons. The lowest BCUT2D eigenvalue weighted by Crippen LogP contribution is -2.29. The van der Waals surface area contributed by atoms with E-state index in [0.29, 0.717) is 23.6 Å². The summed E-state index contributed by atoms with van der Waals surface area (Å²) in [5.74, 6) is -0.878. The fourth-order valence-corrected chi connectivity index (χ4v) is 2.18. The molecule has 146 valence electrons. The zero-order valence-corrected chi connectivity index (χ0v) is 15.7. The first-order valence-corrected chi connectivity index (χ1v) is 8.41. The third-order valence-corrected chi connectivity index (χ3v) is 3.86. The lowest BCUT2D eigenvalue weighted by molar-refractivity contribution is -0.117. The maximum Gasteiger partial charge on any atom is 0.267 e. The predicted molar refractivity (Wildman–Crippen MR) is 106 cm³/mol. The molecule has 0 aliphatic rings. The van der Waals surface area contributed by atoms with Gasteiger partial charge in [-0.2, -0.15) is 0 Å². The molecule has 1 aromatic carbocycles. The molecule has 0 saturated heterocycles. The van der Waals surface area contributed by atoms with Crippen LogP contribution in [0, 0.1) is 18.7 Å². The van der Waals surface area contributed by atoms with Crippen LogP contribution in [0.1, 0.15) is 44.6 Å². The highest BCUT2D eigenvalue weighted by molar-refractivity contribution is 5.95. The molecule has 0 fully saturated rings. The van der Waals surface area contributed by atoms with Crippen LogP contribution < -0.4 is 22.1 Å². The van der Waals surface area contributed by atoms with E-state index in [2.05, 4.69) is 24.5 Å². The Kier molecular flexibility index (Phi) is 7.83. The summed E-state index contributed by atoms with van der Waals surface area (Å²) in [6, 6.07) is 2.65. The zero-order valence-electron chi connectivity index (χ0n) is 15.7. The van der Waals surface area contributed by atoms with E-state index < -0.39 is 17.6 Å². The first-order chi connectivity index (χ1) is 12.2. The maximum atomic E-state index is 14.1. The van der Waals surface area contributed by atoms with Crippen LogP contribution in [0.15, 0.2) is 30.0 Å². The Morgan fingerprint density at radius 2 is 1.92 bits per heavy atom. The number of amides is 2. The lowest BCUT2D eigenvalue weighted by Gasteiger charge is -2.10. The van der Waals surface area contributed by atoms with Crippen LogP contribution in [0.25, 0.3) is 5.70 Å². The molecule has 0 aromatic heterocycles. The Morgan fingerprint density at radius 1 is 1.27 bits per heavy atom. The van der Waals surface area contributed by atoms with Crippen LogP contribution in [0.5, 0.6) is 0 Å². The van der Waals surface area contributed by atoms with Gasteiger partial charge in [0.15, 0.2) is 0 Å². The largest absolute Gasteiger partial charge is 0.398 e. The van der Waals surface area contributed by atoms with Gasteiger partial charge in [-0.05, 0) is 49.1 Å². The second-order valence-corrected chi connectivity index (χ2v) is 6.39. The van der Waals surface area contributed by atoms with Crippen LogP contribution >= 0.6 is 0 Å². The van der Waals surface area contributed by atoms with Crippen LogP contribution in [-0.4, -0.2) is 25.4 Å². The van der Waals surface area contributed by atoms with Gasteiger partial charge in [0.2, 0.25) is 0 Å². The third kappa shape index (κ3) is 5.91. The summed E-state index contributed by atoms with van der Waals surface area (Å²) in [5.41, 5.74) is 12.8. The van der Waals surface area contributed by atoms with Gasteiger partial charge >= 0.3 is 0 Å². The van der Waals surface area contributed by atoms with Crippen molar-refractivity contribution in [3.8, 4) is 0 Å². The van der Waals surface area contributed by atoms with E-state index in [1.54, 1.807) is 6.92 Å². The number of carbonyl (C=O) groups excluding carboxylic acids is 2. The number of carbonyl (C=O) groups is 2. The van der Waals surface area contributed by atoms with Gasteiger partial charge in [0.25, 0.3) is 11.8 Å². The molecule has 0 aliphatic heterocycles. The van der Waals surface area contributed by atoms with Crippen molar-refractivity contribution in [2.45, 2.75) is 27.2 Å². The third-order valence-electron chi connectivity index (χ3n) is 3.86. The van der Waals surface area contributed by atoms with Crippen molar-refractivity contribution in [1.82, 2.24) is 10.6 Å². The van der Waals surface area contributed by atoms with E-state index >= 15 is 0 Å². The molecular weight excluding hydrogens is 335 g/mol. The minimum absolute atomic E-state index is 0. The first-order valence-electron chi connectivity index (χ1n) is 8.41. The summed E-state index contributed by atoms with van der Waals surface area (Å²) in [6.07, 6.45) is 3.64. The average molecular weight is 366 g/mol. The van der Waals surface area contributed by atoms with Crippen molar-refractivity contribution < 1.29 is 16.8 Å². The number of rotatable bonds is 7. The van der Waals surface area contributed by atoms with Crippen LogP contribution in [0.4, 0.5) is 4.39 Å². The molecule has 6 N–H and O–H groups in total. The monoisotopic (exact) mass is 366 g/mol. The Labute approximate surface area is 156 Å². The van der Waals surface area contributed by atoms with Gasteiger partial charge in [0, 0.05) is 33.3 Å². The highest BCUT2D eigenvalue weighted by Gasteiger charge is 2.13. The second-order valence-electron chi connectivity index (χ2n) is 6.39. The van der Waals surface area contributed by atoms with Gasteiger partial charge < -0.3 is 22.1 Å². The van der Waals surface area contributed by atoms with Crippen molar-refractivity contribution >= 4 is 17.5 Å². The van der Waals surface area contributed by atoms with E-state index in [1.165, 1.54) is 25.3 Å². The smallest absolute Gasteiger partial charge is 0.267 e. The quantitative estimate of drug-likeness (QED) is 0.438. The molecule has 6 nitrogen and oxygen atoms in total. The van der Waals surface area contributed by atoms with Crippen molar-refractivity contribution in [2.24, 2.45) is 17.4 Å². The number of hydrogen-bond donors (Lipinski definition) is 4. The van der Waals surface area contributed by atoms with Crippen molar-refractivity contribution in [2.75, 3.05) is 13.6 Å². The van der Waals surface area contributed by atoms with Crippen LogP contribution in [0.2, 0.25) is 0 Å². The number of halogens is 1. The fourth-order valence-electron chi connectivity index (χ4n) is 2.18. The Balaban J connectivity index is 0. The molecule has 0 aliphatic carbocycles. The van der Waals surface area contributed by atoms with E-state index in [4.69, 9.17) is 11.5 Å². The second kappa shape index (κ2) is 9.60. The highest BCUT2D eigenvalue weighted by atomic mass is 19.1. The van der Waals surface area contributed by atoms with E-state index in [-0.39, 0.29) is 19.8 Å².